The normalized spacial score (nSPS) is 10.0. The summed E-state index contributed by atoms with van der Waals surface area (Å²) in [4.78, 5) is 12.3. The van der Waals surface area contributed by atoms with Gasteiger partial charge in [-0.1, -0.05) is 18.2 Å². The summed E-state index contributed by atoms with van der Waals surface area (Å²) in [6.07, 6.45) is 0. The lowest BCUT2D eigenvalue weighted by molar-refractivity contribution is -0.151. The van der Waals surface area contributed by atoms with E-state index in [0.717, 1.165) is 0 Å². The Balaban J connectivity index is 0.000000304. The number of esters is 1. The minimum absolute atomic E-state index is 0.225. The maximum atomic E-state index is 10.2. The van der Waals surface area contributed by atoms with Gasteiger partial charge >= 0.3 is 5.97 Å². The van der Waals surface area contributed by atoms with Crippen LogP contribution in [0.1, 0.15) is 27.7 Å². The number of hydrogen-bond donors (Lipinski definition) is 0. The van der Waals surface area contributed by atoms with Crippen LogP contribution in [0.15, 0.2) is 30.3 Å². The van der Waals surface area contributed by atoms with Gasteiger partial charge in [0.25, 0.3) is 0 Å². The van der Waals surface area contributed by atoms with Crippen molar-refractivity contribution >= 4 is 11.7 Å². The maximum absolute atomic E-state index is 10.2. The highest BCUT2D eigenvalue weighted by Crippen LogP contribution is 2.07. The number of hydrogen-bond acceptors (Lipinski definition) is 3. The van der Waals surface area contributed by atoms with E-state index in [-0.39, 0.29) is 11.6 Å². The number of benzene rings is 1. The number of carbonyl (C=O) groups excluding carboxylic acids is 1. The van der Waals surface area contributed by atoms with Crippen molar-refractivity contribution in [3.8, 4) is 0 Å². The second-order valence-corrected chi connectivity index (χ2v) is 4.94. The highest BCUT2D eigenvalue weighted by atomic mass is 16.6. The molecule has 0 saturated heterocycles. The second kappa shape index (κ2) is 6.94. The van der Waals surface area contributed by atoms with Crippen LogP contribution in [0.4, 0.5) is 5.69 Å². The lowest BCUT2D eigenvalue weighted by atomic mass is 10.2. The van der Waals surface area contributed by atoms with Crippen LogP contribution >= 0.6 is 0 Å². The molecule has 96 valence electrons. The highest BCUT2D eigenvalue weighted by molar-refractivity contribution is 5.66. The predicted molar refractivity (Wildman–Crippen MR) is 72.3 cm³/mol. The van der Waals surface area contributed by atoms with Crippen LogP contribution in [0.3, 0.4) is 0 Å². The molecule has 0 fully saturated rings. The number of nitrogens with zero attached hydrogens (tertiary/aromatic N) is 1. The average molecular weight is 237 g/mol. The molecule has 0 unspecified atom stereocenters. The fourth-order valence-corrected chi connectivity index (χ4v) is 1.16. The van der Waals surface area contributed by atoms with E-state index in [2.05, 4.69) is 17.0 Å². The SMILES string of the molecule is CC(=O)OC(C)(C)C.CN(C)c1ccccc1. The Hall–Kier alpha value is -1.51. The first kappa shape index (κ1) is 15.5. The van der Waals surface area contributed by atoms with E-state index in [1.165, 1.54) is 12.6 Å². The van der Waals surface area contributed by atoms with Gasteiger partial charge in [0.15, 0.2) is 0 Å². The summed E-state index contributed by atoms with van der Waals surface area (Å²) >= 11 is 0. The minimum atomic E-state index is -0.328. The second-order valence-electron chi connectivity index (χ2n) is 4.94. The Morgan fingerprint density at radius 3 is 1.76 bits per heavy atom. The fraction of sp³-hybridized carbons (Fsp3) is 0.500. The van der Waals surface area contributed by atoms with Crippen molar-refractivity contribution in [3.05, 3.63) is 30.3 Å². The third-order valence-electron chi connectivity index (χ3n) is 1.72. The van der Waals surface area contributed by atoms with Gasteiger partial charge in [-0.3, -0.25) is 4.79 Å². The first-order valence-corrected chi connectivity index (χ1v) is 5.64. The fourth-order valence-electron chi connectivity index (χ4n) is 1.16. The van der Waals surface area contributed by atoms with E-state index < -0.39 is 0 Å². The molecule has 0 amide bonds. The molecule has 0 heterocycles. The van der Waals surface area contributed by atoms with Gasteiger partial charge in [0.2, 0.25) is 0 Å². The van der Waals surface area contributed by atoms with Crippen LogP contribution in [0.25, 0.3) is 0 Å². The molecule has 0 aliphatic heterocycles. The Bertz CT molecular complexity index is 326. The van der Waals surface area contributed by atoms with Crippen molar-refractivity contribution in [2.75, 3.05) is 19.0 Å². The van der Waals surface area contributed by atoms with E-state index in [4.69, 9.17) is 4.74 Å². The standard InChI is InChI=1S/C8H11N.C6H12O2/c1-9(2)8-6-4-3-5-7-8;1-5(7)8-6(2,3)4/h3-7H,1-2H3;1-4H3. The van der Waals surface area contributed by atoms with Gasteiger partial charge in [-0.15, -0.1) is 0 Å². The Kier molecular flexibility index (Phi) is 6.33. The zero-order chi connectivity index (χ0) is 13.5. The molecule has 0 spiro atoms. The predicted octanol–water partition coefficient (Wildman–Crippen LogP) is 3.10. The number of anilines is 1. The zero-order valence-electron chi connectivity index (χ0n) is 11.7. The van der Waals surface area contributed by atoms with E-state index in [0.29, 0.717) is 0 Å². The molecule has 0 aliphatic carbocycles. The molecule has 0 radical (unpaired) electrons. The molecule has 3 heteroatoms. The lowest BCUT2D eigenvalue weighted by Gasteiger charge is -2.17. The first-order chi connectivity index (χ1) is 7.72. The smallest absolute Gasteiger partial charge is 0.303 e. The Labute approximate surface area is 104 Å². The molecule has 3 nitrogen and oxygen atoms in total. The molecular formula is C14H23NO2. The highest BCUT2D eigenvalue weighted by Gasteiger charge is 2.11. The van der Waals surface area contributed by atoms with Crippen LogP contribution in [0, 0.1) is 0 Å². The Morgan fingerprint density at radius 1 is 1.12 bits per heavy atom. The molecule has 1 aromatic carbocycles. The molecule has 1 rings (SSSR count). The molecule has 0 bridgehead atoms. The average Bonchev–Trinajstić information content (AvgIpc) is 2.16. The lowest BCUT2D eigenvalue weighted by Crippen LogP contribution is -2.21. The molecule has 0 N–H and O–H groups in total. The van der Waals surface area contributed by atoms with Crippen LogP contribution in [0.2, 0.25) is 0 Å². The van der Waals surface area contributed by atoms with Crippen molar-refractivity contribution in [2.24, 2.45) is 0 Å². The third-order valence-corrected chi connectivity index (χ3v) is 1.72. The maximum Gasteiger partial charge on any atom is 0.303 e. The largest absolute Gasteiger partial charge is 0.460 e. The van der Waals surface area contributed by atoms with Crippen molar-refractivity contribution in [1.29, 1.82) is 0 Å². The van der Waals surface area contributed by atoms with Gasteiger partial charge in [0, 0.05) is 26.7 Å². The topological polar surface area (TPSA) is 29.5 Å². The van der Waals surface area contributed by atoms with E-state index in [1.54, 1.807) is 0 Å². The third kappa shape index (κ3) is 9.42. The zero-order valence-corrected chi connectivity index (χ0v) is 11.7. The van der Waals surface area contributed by atoms with Crippen molar-refractivity contribution in [3.63, 3.8) is 0 Å². The summed E-state index contributed by atoms with van der Waals surface area (Å²) in [5.41, 5.74) is 0.920. The van der Waals surface area contributed by atoms with Gasteiger partial charge < -0.3 is 9.64 Å². The van der Waals surface area contributed by atoms with Crippen LogP contribution in [-0.4, -0.2) is 25.7 Å². The number of rotatable bonds is 1. The Morgan fingerprint density at radius 2 is 1.59 bits per heavy atom. The molecule has 0 atom stereocenters. The van der Waals surface area contributed by atoms with Gasteiger partial charge in [-0.05, 0) is 32.9 Å². The van der Waals surface area contributed by atoms with Crippen molar-refractivity contribution in [1.82, 2.24) is 0 Å². The summed E-state index contributed by atoms with van der Waals surface area (Å²) in [6, 6.07) is 10.3. The summed E-state index contributed by atoms with van der Waals surface area (Å²) in [6.45, 7) is 6.93. The summed E-state index contributed by atoms with van der Waals surface area (Å²) in [5, 5.41) is 0. The van der Waals surface area contributed by atoms with E-state index in [1.807, 2.05) is 53.1 Å². The van der Waals surface area contributed by atoms with Crippen molar-refractivity contribution in [2.45, 2.75) is 33.3 Å². The number of para-hydroxylation sites is 1. The molecule has 0 aliphatic rings. The van der Waals surface area contributed by atoms with Gasteiger partial charge in [-0.25, -0.2) is 0 Å². The van der Waals surface area contributed by atoms with Crippen molar-refractivity contribution < 1.29 is 9.53 Å². The molecule has 0 saturated carbocycles. The van der Waals surface area contributed by atoms with Gasteiger partial charge in [-0.2, -0.15) is 0 Å². The van der Waals surface area contributed by atoms with E-state index in [9.17, 15) is 4.79 Å². The summed E-state index contributed by atoms with van der Waals surface area (Å²) in [7, 11) is 4.07. The number of carbonyl (C=O) groups is 1. The quantitative estimate of drug-likeness (QED) is 0.703. The van der Waals surface area contributed by atoms with Crippen LogP contribution in [-0.2, 0) is 9.53 Å². The van der Waals surface area contributed by atoms with Gasteiger partial charge in [0.1, 0.15) is 5.60 Å². The molecular weight excluding hydrogens is 214 g/mol. The van der Waals surface area contributed by atoms with E-state index >= 15 is 0 Å². The molecule has 17 heavy (non-hydrogen) atoms. The minimum Gasteiger partial charge on any atom is -0.460 e. The molecule has 0 aromatic heterocycles. The monoisotopic (exact) mass is 237 g/mol. The summed E-state index contributed by atoms with van der Waals surface area (Å²) < 4.78 is 4.80. The first-order valence-electron chi connectivity index (χ1n) is 5.64. The number of ether oxygens (including phenoxy) is 1. The summed E-state index contributed by atoms with van der Waals surface area (Å²) in [5.74, 6) is -0.225. The van der Waals surface area contributed by atoms with Gasteiger partial charge in [0.05, 0.1) is 0 Å². The van der Waals surface area contributed by atoms with Crippen LogP contribution in [0.5, 0.6) is 0 Å². The van der Waals surface area contributed by atoms with Crippen LogP contribution < -0.4 is 4.90 Å². The molecule has 1 aromatic rings.